The van der Waals surface area contributed by atoms with Crippen LogP contribution in [0.4, 0.5) is 0 Å². The van der Waals surface area contributed by atoms with Crippen LogP contribution in [0.1, 0.15) is 26.2 Å². The van der Waals surface area contributed by atoms with E-state index in [1.807, 2.05) is 0 Å². The van der Waals surface area contributed by atoms with Crippen molar-refractivity contribution in [3.05, 3.63) is 0 Å². The number of hydrogen-bond donors (Lipinski definition) is 1. The maximum absolute atomic E-state index is 12.1. The summed E-state index contributed by atoms with van der Waals surface area (Å²) < 4.78 is 27.3. The van der Waals surface area contributed by atoms with Crippen LogP contribution in [-0.2, 0) is 10.2 Å². The van der Waals surface area contributed by atoms with Gasteiger partial charge in [-0.05, 0) is 19.4 Å². The highest BCUT2D eigenvalue weighted by atomic mass is 35.5. The highest BCUT2D eigenvalue weighted by Crippen LogP contribution is 2.14. The second-order valence-electron chi connectivity index (χ2n) is 4.35. The lowest BCUT2D eigenvalue weighted by atomic mass is 10.3. The van der Waals surface area contributed by atoms with E-state index in [0.717, 1.165) is 32.4 Å². The molecule has 104 valence electrons. The molecule has 7 heteroatoms. The van der Waals surface area contributed by atoms with Gasteiger partial charge in [0.25, 0.3) is 10.2 Å². The Hall–Kier alpha value is 0.120. The number of nitrogens with one attached hydrogen (secondary N) is 1. The van der Waals surface area contributed by atoms with Crippen LogP contribution >= 0.6 is 12.4 Å². The minimum absolute atomic E-state index is 0. The molecular weight excluding hydrogens is 262 g/mol. The first kappa shape index (κ1) is 17.1. The number of unbranched alkanes of at least 4 members (excludes halogenated alkanes) is 1. The van der Waals surface area contributed by atoms with Gasteiger partial charge in [-0.2, -0.15) is 17.0 Å². The second-order valence-corrected chi connectivity index (χ2v) is 6.44. The fraction of sp³-hybridized carbons (Fsp3) is 1.00. The molecule has 0 aromatic heterocycles. The quantitative estimate of drug-likeness (QED) is 0.781. The van der Waals surface area contributed by atoms with Crippen LogP contribution in [0.15, 0.2) is 0 Å². The van der Waals surface area contributed by atoms with Gasteiger partial charge in [-0.15, -0.1) is 12.4 Å². The fourth-order valence-electron chi connectivity index (χ4n) is 1.85. The fourth-order valence-corrected chi connectivity index (χ4v) is 3.21. The maximum atomic E-state index is 12.1. The molecular formula is C10H24ClN3O2S. The van der Waals surface area contributed by atoms with Crippen LogP contribution in [0.2, 0.25) is 0 Å². The van der Waals surface area contributed by atoms with Gasteiger partial charge < -0.3 is 5.32 Å². The van der Waals surface area contributed by atoms with Crippen molar-refractivity contribution in [3.8, 4) is 0 Å². The highest BCUT2D eigenvalue weighted by Gasteiger charge is 2.31. The summed E-state index contributed by atoms with van der Waals surface area (Å²) >= 11 is 0. The lowest BCUT2D eigenvalue weighted by molar-refractivity contribution is 0.342. The van der Waals surface area contributed by atoms with E-state index < -0.39 is 10.2 Å². The molecule has 0 saturated carbocycles. The monoisotopic (exact) mass is 285 g/mol. The summed E-state index contributed by atoms with van der Waals surface area (Å²) in [6, 6.07) is 0.106. The lowest BCUT2D eigenvalue weighted by Crippen LogP contribution is -2.46. The van der Waals surface area contributed by atoms with Crippen molar-refractivity contribution in [2.24, 2.45) is 0 Å². The first-order valence-electron chi connectivity index (χ1n) is 5.90. The molecule has 1 N–H and O–H groups in total. The minimum atomic E-state index is -3.27. The SMILES string of the molecule is CCCCN(C)S(=O)(=O)N(C)C1CCNC1.Cl. The Balaban J connectivity index is 0.00000256. The number of halogens is 1. The number of likely N-dealkylation sites (N-methyl/N-ethyl adjacent to an activating group) is 1. The largest absolute Gasteiger partial charge is 0.315 e. The molecule has 1 atom stereocenters. The molecule has 17 heavy (non-hydrogen) atoms. The van der Waals surface area contributed by atoms with Gasteiger partial charge in [0.2, 0.25) is 0 Å². The molecule has 1 unspecified atom stereocenters. The normalized spacial score (nSPS) is 20.9. The van der Waals surface area contributed by atoms with Crippen molar-refractivity contribution in [1.82, 2.24) is 13.9 Å². The Kier molecular flexibility index (Phi) is 7.58. The standard InChI is InChI=1S/C10H23N3O2S.ClH/c1-4-5-8-12(2)16(14,15)13(3)10-6-7-11-9-10;/h10-11H,4-9H2,1-3H3;1H. The highest BCUT2D eigenvalue weighted by molar-refractivity contribution is 7.86. The molecule has 0 bridgehead atoms. The van der Waals surface area contributed by atoms with Gasteiger partial charge in [0.1, 0.15) is 0 Å². The maximum Gasteiger partial charge on any atom is 0.281 e. The van der Waals surface area contributed by atoms with Crippen LogP contribution in [0.5, 0.6) is 0 Å². The lowest BCUT2D eigenvalue weighted by Gasteiger charge is -2.28. The zero-order chi connectivity index (χ0) is 12.2. The van der Waals surface area contributed by atoms with Crippen molar-refractivity contribution >= 4 is 22.6 Å². The van der Waals surface area contributed by atoms with E-state index in [4.69, 9.17) is 0 Å². The van der Waals surface area contributed by atoms with Crippen molar-refractivity contribution in [2.75, 3.05) is 33.7 Å². The molecule has 1 fully saturated rings. The van der Waals surface area contributed by atoms with Gasteiger partial charge in [-0.25, -0.2) is 0 Å². The van der Waals surface area contributed by atoms with E-state index in [9.17, 15) is 8.42 Å². The molecule has 0 amide bonds. The zero-order valence-corrected chi connectivity index (χ0v) is 12.5. The molecule has 1 rings (SSSR count). The zero-order valence-electron chi connectivity index (χ0n) is 10.8. The van der Waals surface area contributed by atoms with Crippen LogP contribution in [0, 0.1) is 0 Å². The minimum Gasteiger partial charge on any atom is -0.315 e. The first-order valence-corrected chi connectivity index (χ1v) is 7.30. The third kappa shape index (κ3) is 4.37. The molecule has 0 aliphatic carbocycles. The van der Waals surface area contributed by atoms with Crippen molar-refractivity contribution in [2.45, 2.75) is 32.2 Å². The smallest absolute Gasteiger partial charge is 0.281 e. The summed E-state index contributed by atoms with van der Waals surface area (Å²) in [6.07, 6.45) is 2.82. The Morgan fingerprint density at radius 3 is 2.47 bits per heavy atom. The molecule has 1 saturated heterocycles. The van der Waals surface area contributed by atoms with E-state index in [-0.39, 0.29) is 18.4 Å². The molecule has 0 spiro atoms. The number of hydrogen-bond acceptors (Lipinski definition) is 3. The predicted octanol–water partition coefficient (Wildman–Crippen LogP) is 0.679. The molecule has 1 heterocycles. The Morgan fingerprint density at radius 2 is 2.00 bits per heavy atom. The summed E-state index contributed by atoms with van der Waals surface area (Å²) in [7, 11) is 0.0647. The molecule has 0 radical (unpaired) electrons. The van der Waals surface area contributed by atoms with Crippen molar-refractivity contribution < 1.29 is 8.42 Å². The summed E-state index contributed by atoms with van der Waals surface area (Å²) in [6.45, 7) is 4.33. The van der Waals surface area contributed by atoms with Crippen LogP contribution in [0.25, 0.3) is 0 Å². The summed E-state index contributed by atoms with van der Waals surface area (Å²) in [5, 5.41) is 3.18. The molecule has 5 nitrogen and oxygen atoms in total. The summed E-state index contributed by atoms with van der Waals surface area (Å²) in [4.78, 5) is 0. The first-order chi connectivity index (χ1) is 7.50. The molecule has 0 aromatic carbocycles. The average Bonchev–Trinajstić information content (AvgIpc) is 2.77. The second kappa shape index (κ2) is 7.53. The van der Waals surface area contributed by atoms with E-state index in [2.05, 4.69) is 12.2 Å². The molecule has 1 aliphatic heterocycles. The molecule has 0 aromatic rings. The average molecular weight is 286 g/mol. The topological polar surface area (TPSA) is 52.7 Å². The van der Waals surface area contributed by atoms with Gasteiger partial charge in [0.05, 0.1) is 0 Å². The van der Waals surface area contributed by atoms with Gasteiger partial charge in [0, 0.05) is 33.2 Å². The third-order valence-corrected chi connectivity index (χ3v) is 5.13. The van der Waals surface area contributed by atoms with Gasteiger partial charge in [-0.3, -0.25) is 0 Å². The van der Waals surface area contributed by atoms with Gasteiger partial charge >= 0.3 is 0 Å². The van der Waals surface area contributed by atoms with E-state index >= 15 is 0 Å². The van der Waals surface area contributed by atoms with Crippen molar-refractivity contribution in [3.63, 3.8) is 0 Å². The summed E-state index contributed by atoms with van der Waals surface area (Å²) in [5.74, 6) is 0. The number of nitrogens with zero attached hydrogens (tertiary/aromatic N) is 2. The third-order valence-electron chi connectivity index (χ3n) is 3.13. The number of rotatable bonds is 6. The van der Waals surface area contributed by atoms with Crippen LogP contribution in [-0.4, -0.2) is 56.8 Å². The van der Waals surface area contributed by atoms with Gasteiger partial charge in [-0.1, -0.05) is 13.3 Å². The van der Waals surface area contributed by atoms with Gasteiger partial charge in [0.15, 0.2) is 0 Å². The predicted molar refractivity (Wildman–Crippen MR) is 72.7 cm³/mol. The Bertz CT molecular complexity index is 305. The summed E-state index contributed by atoms with van der Waals surface area (Å²) in [5.41, 5.74) is 0. The van der Waals surface area contributed by atoms with Crippen molar-refractivity contribution in [1.29, 1.82) is 0 Å². The van der Waals surface area contributed by atoms with E-state index in [0.29, 0.717) is 6.54 Å². The van der Waals surface area contributed by atoms with Crippen LogP contribution in [0.3, 0.4) is 0 Å². The van der Waals surface area contributed by atoms with E-state index in [1.54, 1.807) is 14.1 Å². The Morgan fingerprint density at radius 1 is 1.35 bits per heavy atom. The van der Waals surface area contributed by atoms with E-state index in [1.165, 1.54) is 8.61 Å². The Labute approximate surface area is 111 Å². The van der Waals surface area contributed by atoms with Crippen LogP contribution < -0.4 is 5.32 Å². The molecule has 1 aliphatic rings.